The van der Waals surface area contributed by atoms with Crippen LogP contribution in [0.15, 0.2) is 0 Å². The van der Waals surface area contributed by atoms with E-state index in [4.69, 9.17) is 10.5 Å². The van der Waals surface area contributed by atoms with E-state index in [1.165, 1.54) is 32.2 Å². The summed E-state index contributed by atoms with van der Waals surface area (Å²) in [5, 5.41) is 0. The lowest BCUT2D eigenvalue weighted by Crippen LogP contribution is -2.42. The van der Waals surface area contributed by atoms with Crippen LogP contribution in [0.1, 0.15) is 25.7 Å². The van der Waals surface area contributed by atoms with E-state index in [1.807, 2.05) is 0 Å². The van der Waals surface area contributed by atoms with Crippen LogP contribution in [0, 0.1) is 11.8 Å². The summed E-state index contributed by atoms with van der Waals surface area (Å²) in [4.78, 5) is 2.53. The van der Waals surface area contributed by atoms with Gasteiger partial charge in [-0.15, -0.1) is 0 Å². The zero-order valence-electron chi connectivity index (χ0n) is 9.66. The third-order valence-corrected chi connectivity index (χ3v) is 3.97. The Labute approximate surface area is 93.0 Å². The SMILES string of the molecule is NCC(CN1CCOCC1)C1CCCC1. The van der Waals surface area contributed by atoms with Crippen LogP contribution in [-0.4, -0.2) is 44.3 Å². The standard InChI is InChI=1S/C12H24N2O/c13-9-12(11-3-1-2-4-11)10-14-5-7-15-8-6-14/h11-12H,1-10,13H2. The summed E-state index contributed by atoms with van der Waals surface area (Å²) in [6, 6.07) is 0. The first kappa shape index (κ1) is 11.4. The normalized spacial score (nSPS) is 27.0. The van der Waals surface area contributed by atoms with Crippen molar-refractivity contribution in [2.75, 3.05) is 39.4 Å². The van der Waals surface area contributed by atoms with Crippen molar-refractivity contribution in [2.24, 2.45) is 17.6 Å². The fourth-order valence-corrected chi connectivity index (χ4v) is 2.96. The average Bonchev–Trinajstić information content (AvgIpc) is 2.81. The Balaban J connectivity index is 1.78. The molecule has 3 nitrogen and oxygen atoms in total. The Morgan fingerprint density at radius 1 is 1.20 bits per heavy atom. The van der Waals surface area contributed by atoms with Gasteiger partial charge in [0.1, 0.15) is 0 Å². The van der Waals surface area contributed by atoms with Crippen molar-refractivity contribution in [2.45, 2.75) is 25.7 Å². The van der Waals surface area contributed by atoms with Gasteiger partial charge in [-0.3, -0.25) is 4.90 Å². The number of hydrogen-bond acceptors (Lipinski definition) is 3. The molecule has 0 aromatic rings. The van der Waals surface area contributed by atoms with E-state index in [9.17, 15) is 0 Å². The summed E-state index contributed by atoms with van der Waals surface area (Å²) >= 11 is 0. The van der Waals surface area contributed by atoms with E-state index >= 15 is 0 Å². The third kappa shape index (κ3) is 3.16. The second kappa shape index (κ2) is 5.83. The van der Waals surface area contributed by atoms with Crippen LogP contribution in [-0.2, 0) is 4.74 Å². The van der Waals surface area contributed by atoms with Gasteiger partial charge in [0, 0.05) is 19.6 Å². The molecule has 1 heterocycles. The molecule has 2 rings (SSSR count). The van der Waals surface area contributed by atoms with Crippen LogP contribution < -0.4 is 5.73 Å². The number of ether oxygens (including phenoxy) is 1. The summed E-state index contributed by atoms with van der Waals surface area (Å²) in [6.07, 6.45) is 5.66. The van der Waals surface area contributed by atoms with Crippen molar-refractivity contribution in [3.8, 4) is 0 Å². The van der Waals surface area contributed by atoms with Gasteiger partial charge in [-0.1, -0.05) is 25.7 Å². The lowest BCUT2D eigenvalue weighted by atomic mass is 9.90. The molecule has 1 saturated heterocycles. The van der Waals surface area contributed by atoms with Gasteiger partial charge in [0.2, 0.25) is 0 Å². The fourth-order valence-electron chi connectivity index (χ4n) is 2.96. The van der Waals surface area contributed by atoms with Crippen LogP contribution >= 0.6 is 0 Å². The fraction of sp³-hybridized carbons (Fsp3) is 1.00. The monoisotopic (exact) mass is 212 g/mol. The minimum atomic E-state index is 0.727. The lowest BCUT2D eigenvalue weighted by Gasteiger charge is -2.32. The molecule has 0 aromatic heterocycles. The smallest absolute Gasteiger partial charge is 0.0594 e. The molecule has 1 aliphatic heterocycles. The molecule has 1 saturated carbocycles. The van der Waals surface area contributed by atoms with Crippen molar-refractivity contribution in [1.82, 2.24) is 4.90 Å². The molecule has 1 aliphatic carbocycles. The zero-order valence-corrected chi connectivity index (χ0v) is 9.66. The van der Waals surface area contributed by atoms with Crippen LogP contribution in [0.25, 0.3) is 0 Å². The highest BCUT2D eigenvalue weighted by Gasteiger charge is 2.26. The molecule has 3 heteroatoms. The van der Waals surface area contributed by atoms with Crippen molar-refractivity contribution in [3.63, 3.8) is 0 Å². The van der Waals surface area contributed by atoms with E-state index in [2.05, 4.69) is 4.90 Å². The molecule has 2 aliphatic rings. The summed E-state index contributed by atoms with van der Waals surface area (Å²) in [5.41, 5.74) is 5.91. The van der Waals surface area contributed by atoms with Crippen molar-refractivity contribution >= 4 is 0 Å². The van der Waals surface area contributed by atoms with Crippen molar-refractivity contribution in [3.05, 3.63) is 0 Å². The Morgan fingerprint density at radius 3 is 2.47 bits per heavy atom. The maximum atomic E-state index is 5.91. The highest BCUT2D eigenvalue weighted by molar-refractivity contribution is 4.79. The highest BCUT2D eigenvalue weighted by Crippen LogP contribution is 2.31. The highest BCUT2D eigenvalue weighted by atomic mass is 16.5. The Morgan fingerprint density at radius 2 is 1.87 bits per heavy atom. The first-order valence-corrected chi connectivity index (χ1v) is 6.40. The summed E-state index contributed by atoms with van der Waals surface area (Å²) in [5.74, 6) is 1.63. The molecule has 0 aromatic carbocycles. The number of nitrogens with zero attached hydrogens (tertiary/aromatic N) is 1. The van der Waals surface area contributed by atoms with Crippen LogP contribution in [0.2, 0.25) is 0 Å². The molecule has 88 valence electrons. The van der Waals surface area contributed by atoms with Crippen LogP contribution in [0.5, 0.6) is 0 Å². The van der Waals surface area contributed by atoms with Crippen molar-refractivity contribution in [1.29, 1.82) is 0 Å². The van der Waals surface area contributed by atoms with Gasteiger partial charge in [-0.05, 0) is 18.4 Å². The maximum absolute atomic E-state index is 5.91. The average molecular weight is 212 g/mol. The van der Waals surface area contributed by atoms with Crippen molar-refractivity contribution < 1.29 is 4.74 Å². The number of morpholine rings is 1. The van der Waals surface area contributed by atoms with E-state index in [0.29, 0.717) is 0 Å². The topological polar surface area (TPSA) is 38.5 Å². The molecule has 2 N–H and O–H groups in total. The first-order valence-electron chi connectivity index (χ1n) is 6.40. The number of rotatable bonds is 4. The molecular formula is C12H24N2O. The number of hydrogen-bond donors (Lipinski definition) is 1. The molecule has 1 atom stereocenters. The summed E-state index contributed by atoms with van der Waals surface area (Å²) in [7, 11) is 0. The molecule has 0 radical (unpaired) electrons. The molecule has 2 fully saturated rings. The minimum absolute atomic E-state index is 0.727. The van der Waals surface area contributed by atoms with E-state index in [-0.39, 0.29) is 0 Å². The second-order valence-electron chi connectivity index (χ2n) is 4.95. The molecule has 0 bridgehead atoms. The molecule has 1 unspecified atom stereocenters. The van der Waals surface area contributed by atoms with E-state index < -0.39 is 0 Å². The summed E-state index contributed by atoms with van der Waals surface area (Å²) < 4.78 is 5.37. The minimum Gasteiger partial charge on any atom is -0.379 e. The predicted octanol–water partition coefficient (Wildman–Crippen LogP) is 1.08. The predicted molar refractivity (Wildman–Crippen MR) is 61.8 cm³/mol. The third-order valence-electron chi connectivity index (χ3n) is 3.97. The molecule has 15 heavy (non-hydrogen) atoms. The molecule has 0 spiro atoms. The van der Waals surface area contributed by atoms with Gasteiger partial charge in [-0.2, -0.15) is 0 Å². The quantitative estimate of drug-likeness (QED) is 0.758. The van der Waals surface area contributed by atoms with Gasteiger partial charge in [-0.25, -0.2) is 0 Å². The first-order chi connectivity index (χ1) is 7.40. The second-order valence-corrected chi connectivity index (χ2v) is 4.95. The van der Waals surface area contributed by atoms with Gasteiger partial charge in [0.25, 0.3) is 0 Å². The Bertz CT molecular complexity index is 174. The molecular weight excluding hydrogens is 188 g/mol. The largest absolute Gasteiger partial charge is 0.379 e. The van der Waals surface area contributed by atoms with Crippen LogP contribution in [0.4, 0.5) is 0 Å². The maximum Gasteiger partial charge on any atom is 0.0594 e. The van der Waals surface area contributed by atoms with Gasteiger partial charge in [0.05, 0.1) is 13.2 Å². The Hall–Kier alpha value is -0.120. The van der Waals surface area contributed by atoms with E-state index in [0.717, 1.165) is 44.7 Å². The lowest BCUT2D eigenvalue weighted by molar-refractivity contribution is 0.0267. The molecule has 0 amide bonds. The summed E-state index contributed by atoms with van der Waals surface area (Å²) in [6.45, 7) is 6.07. The van der Waals surface area contributed by atoms with Gasteiger partial charge >= 0.3 is 0 Å². The Kier molecular flexibility index (Phi) is 4.42. The van der Waals surface area contributed by atoms with E-state index in [1.54, 1.807) is 0 Å². The van der Waals surface area contributed by atoms with Crippen LogP contribution in [0.3, 0.4) is 0 Å². The van der Waals surface area contributed by atoms with Gasteiger partial charge in [0.15, 0.2) is 0 Å². The number of nitrogens with two attached hydrogens (primary N) is 1. The van der Waals surface area contributed by atoms with Gasteiger partial charge < -0.3 is 10.5 Å². The zero-order chi connectivity index (χ0) is 10.5.